The maximum Gasteiger partial charge on any atom is 0.0239 e. The van der Waals surface area contributed by atoms with Crippen molar-refractivity contribution in [3.05, 3.63) is 36.5 Å². The normalized spacial score (nSPS) is 11.1. The molecule has 0 bridgehead atoms. The molecule has 0 aliphatic rings. The monoisotopic (exact) mass is 188 g/mol. The third-order valence-electron chi connectivity index (χ3n) is 1.69. The zero-order valence-electron chi connectivity index (χ0n) is 9.34. The van der Waals surface area contributed by atoms with Gasteiger partial charge in [-0.05, 0) is 18.9 Å². The summed E-state index contributed by atoms with van der Waals surface area (Å²) in [5, 5.41) is 0. The second kappa shape index (κ2) is 9.86. The van der Waals surface area contributed by atoms with Crippen LogP contribution in [0.4, 0.5) is 0 Å². The first kappa shape index (κ1) is 12.8. The lowest BCUT2D eigenvalue weighted by Crippen LogP contribution is -1.70. The molecule has 0 nitrogen and oxygen atoms in total. The Bertz CT molecular complexity index is 255. The lowest BCUT2D eigenvalue weighted by molar-refractivity contribution is 0.959. The van der Waals surface area contributed by atoms with Gasteiger partial charge in [-0.2, -0.15) is 0 Å². The first-order valence-corrected chi connectivity index (χ1v) is 5.33. The maximum absolute atomic E-state index is 3.73. The Morgan fingerprint density at radius 3 is 2.64 bits per heavy atom. The predicted octanol–water partition coefficient (Wildman–Crippen LogP) is 4.26. The Hall–Kier alpha value is -1.22. The predicted molar refractivity (Wildman–Crippen MR) is 65.0 cm³/mol. The molecule has 0 aromatic heterocycles. The molecule has 0 unspecified atom stereocenters. The van der Waals surface area contributed by atoms with Gasteiger partial charge in [0.05, 0.1) is 0 Å². The zero-order valence-corrected chi connectivity index (χ0v) is 9.34. The van der Waals surface area contributed by atoms with E-state index in [9.17, 15) is 0 Å². The number of allylic oxidation sites excluding steroid dienone is 5. The van der Waals surface area contributed by atoms with E-state index in [1.807, 2.05) is 6.08 Å². The van der Waals surface area contributed by atoms with Crippen molar-refractivity contribution in [1.82, 2.24) is 0 Å². The van der Waals surface area contributed by atoms with Crippen molar-refractivity contribution < 1.29 is 0 Å². The van der Waals surface area contributed by atoms with E-state index < -0.39 is 0 Å². The molecule has 0 heterocycles. The van der Waals surface area contributed by atoms with Gasteiger partial charge >= 0.3 is 0 Å². The van der Waals surface area contributed by atoms with Crippen LogP contribution in [0.5, 0.6) is 0 Å². The first-order chi connectivity index (χ1) is 6.85. The summed E-state index contributed by atoms with van der Waals surface area (Å²) in [5.41, 5.74) is 1.01. The molecule has 0 atom stereocenters. The molecule has 0 aromatic rings. The van der Waals surface area contributed by atoms with Crippen molar-refractivity contribution in [1.29, 1.82) is 0 Å². The molecule has 0 spiro atoms. The van der Waals surface area contributed by atoms with Crippen LogP contribution in [-0.2, 0) is 0 Å². The van der Waals surface area contributed by atoms with E-state index in [0.29, 0.717) is 0 Å². The standard InChI is InChI=1S/C14H20/c1-4-7-9-11-13-14(6-3)12-10-8-5-2/h6,9,11,13H,3-5,7-8H2,1-2H3/b11-9+,14-13+. The number of hydrogen-bond donors (Lipinski definition) is 0. The molecule has 76 valence electrons. The molecule has 0 fully saturated rings. The molecule has 0 N–H and O–H groups in total. The van der Waals surface area contributed by atoms with Gasteiger partial charge in [-0.25, -0.2) is 0 Å². The van der Waals surface area contributed by atoms with E-state index in [0.717, 1.165) is 24.8 Å². The first-order valence-electron chi connectivity index (χ1n) is 5.33. The molecule has 0 amide bonds. The van der Waals surface area contributed by atoms with Crippen LogP contribution in [0.2, 0.25) is 0 Å². The van der Waals surface area contributed by atoms with Gasteiger partial charge in [-0.1, -0.05) is 56.9 Å². The topological polar surface area (TPSA) is 0 Å². The summed E-state index contributed by atoms with van der Waals surface area (Å²) in [5.74, 6) is 6.19. The average Bonchev–Trinajstić information content (AvgIpc) is 2.22. The summed E-state index contributed by atoms with van der Waals surface area (Å²) in [6.07, 6.45) is 12.4. The van der Waals surface area contributed by atoms with Gasteiger partial charge in [-0.15, -0.1) is 0 Å². The van der Waals surface area contributed by atoms with Gasteiger partial charge in [0.2, 0.25) is 0 Å². The van der Waals surface area contributed by atoms with Crippen molar-refractivity contribution in [3.63, 3.8) is 0 Å². The van der Waals surface area contributed by atoms with Crippen LogP contribution < -0.4 is 0 Å². The maximum atomic E-state index is 3.73. The number of hydrogen-bond acceptors (Lipinski definition) is 0. The highest BCUT2D eigenvalue weighted by atomic mass is 13.8. The fraction of sp³-hybridized carbons (Fsp3) is 0.429. The molecular weight excluding hydrogens is 168 g/mol. The molecule has 0 aromatic carbocycles. The van der Waals surface area contributed by atoms with Gasteiger partial charge < -0.3 is 0 Å². The molecular formula is C14H20. The summed E-state index contributed by atoms with van der Waals surface area (Å²) in [7, 11) is 0. The van der Waals surface area contributed by atoms with Crippen molar-refractivity contribution in [2.24, 2.45) is 0 Å². The Morgan fingerprint density at radius 2 is 2.07 bits per heavy atom. The summed E-state index contributed by atoms with van der Waals surface area (Å²) < 4.78 is 0. The van der Waals surface area contributed by atoms with Crippen LogP contribution in [0.15, 0.2) is 36.5 Å². The minimum atomic E-state index is 0.962. The minimum absolute atomic E-state index is 0.962. The minimum Gasteiger partial charge on any atom is -0.0979 e. The van der Waals surface area contributed by atoms with Crippen molar-refractivity contribution >= 4 is 0 Å². The van der Waals surface area contributed by atoms with Crippen LogP contribution in [-0.4, -0.2) is 0 Å². The van der Waals surface area contributed by atoms with E-state index >= 15 is 0 Å². The summed E-state index contributed by atoms with van der Waals surface area (Å²) >= 11 is 0. The van der Waals surface area contributed by atoms with E-state index in [-0.39, 0.29) is 0 Å². The van der Waals surface area contributed by atoms with Crippen LogP contribution in [0.1, 0.15) is 39.5 Å². The van der Waals surface area contributed by atoms with Crippen molar-refractivity contribution in [2.45, 2.75) is 39.5 Å². The quantitative estimate of drug-likeness (QED) is 0.447. The smallest absolute Gasteiger partial charge is 0.0239 e. The van der Waals surface area contributed by atoms with Gasteiger partial charge in [0, 0.05) is 12.0 Å². The average molecular weight is 188 g/mol. The zero-order chi connectivity index (χ0) is 10.6. The summed E-state index contributed by atoms with van der Waals surface area (Å²) in [4.78, 5) is 0. The van der Waals surface area contributed by atoms with Gasteiger partial charge in [0.1, 0.15) is 0 Å². The third kappa shape index (κ3) is 7.43. The Balaban J connectivity index is 4.13. The van der Waals surface area contributed by atoms with E-state index in [4.69, 9.17) is 0 Å². The van der Waals surface area contributed by atoms with Gasteiger partial charge in [0.25, 0.3) is 0 Å². The third-order valence-corrected chi connectivity index (χ3v) is 1.69. The fourth-order valence-electron chi connectivity index (χ4n) is 0.885. The second-order valence-corrected chi connectivity index (χ2v) is 3.09. The second-order valence-electron chi connectivity index (χ2n) is 3.09. The molecule has 0 heteroatoms. The highest BCUT2D eigenvalue weighted by Crippen LogP contribution is 1.96. The Morgan fingerprint density at radius 1 is 1.29 bits per heavy atom. The largest absolute Gasteiger partial charge is 0.0979 e. The highest BCUT2D eigenvalue weighted by molar-refractivity contribution is 5.39. The van der Waals surface area contributed by atoms with Crippen LogP contribution >= 0.6 is 0 Å². The van der Waals surface area contributed by atoms with Gasteiger partial charge in [0.15, 0.2) is 0 Å². The summed E-state index contributed by atoms with van der Waals surface area (Å²) in [6.45, 7) is 8.04. The molecule has 0 aliphatic carbocycles. The molecule has 0 saturated carbocycles. The SMILES string of the molecule is C=C/C(C#CCCC)=C\C=C\CCC. The molecule has 0 radical (unpaired) electrons. The van der Waals surface area contributed by atoms with Gasteiger partial charge in [-0.3, -0.25) is 0 Å². The van der Waals surface area contributed by atoms with E-state index in [1.54, 1.807) is 6.08 Å². The van der Waals surface area contributed by atoms with E-state index in [1.165, 1.54) is 6.42 Å². The summed E-state index contributed by atoms with van der Waals surface area (Å²) in [6, 6.07) is 0. The lowest BCUT2D eigenvalue weighted by atomic mass is 10.2. The van der Waals surface area contributed by atoms with Crippen LogP contribution in [0.3, 0.4) is 0 Å². The molecule has 14 heavy (non-hydrogen) atoms. The van der Waals surface area contributed by atoms with Crippen LogP contribution in [0, 0.1) is 11.8 Å². The molecule has 0 rings (SSSR count). The Labute approximate surface area is 88.4 Å². The number of unbranched alkanes of at least 4 members (excludes halogenated alkanes) is 2. The number of rotatable bonds is 5. The fourth-order valence-corrected chi connectivity index (χ4v) is 0.885. The molecule has 0 aliphatic heterocycles. The molecule has 0 saturated heterocycles. The van der Waals surface area contributed by atoms with Crippen molar-refractivity contribution in [2.75, 3.05) is 0 Å². The Kier molecular flexibility index (Phi) is 9.01. The van der Waals surface area contributed by atoms with Crippen LogP contribution in [0.25, 0.3) is 0 Å². The van der Waals surface area contributed by atoms with Crippen molar-refractivity contribution in [3.8, 4) is 11.8 Å². The lowest BCUT2D eigenvalue weighted by Gasteiger charge is -1.86. The highest BCUT2D eigenvalue weighted by Gasteiger charge is 1.80. The van der Waals surface area contributed by atoms with E-state index in [2.05, 4.69) is 44.4 Å².